The summed E-state index contributed by atoms with van der Waals surface area (Å²) in [5.41, 5.74) is 4.48. The summed E-state index contributed by atoms with van der Waals surface area (Å²) >= 11 is 13.8. The second-order valence-corrected chi connectivity index (χ2v) is 9.60. The van der Waals surface area contributed by atoms with Crippen molar-refractivity contribution < 1.29 is 9.21 Å². The molecule has 0 spiro atoms. The first-order valence-corrected chi connectivity index (χ1v) is 12.0. The maximum absolute atomic E-state index is 12.5. The molecule has 0 bridgehead atoms. The molecular formula is C27H18Cl2N2O2S. The second kappa shape index (κ2) is 9.47. The number of anilines is 1. The first-order chi connectivity index (χ1) is 16.4. The highest BCUT2D eigenvalue weighted by Crippen LogP contribution is 2.32. The number of carbonyl (C=O) groups excluding carboxylic acids is 1. The van der Waals surface area contributed by atoms with Crippen molar-refractivity contribution in [2.45, 2.75) is 6.92 Å². The molecule has 0 unspecified atom stereocenters. The maximum Gasteiger partial charge on any atom is 0.248 e. The van der Waals surface area contributed by atoms with E-state index >= 15 is 0 Å². The van der Waals surface area contributed by atoms with Gasteiger partial charge in [0.2, 0.25) is 5.91 Å². The lowest BCUT2D eigenvalue weighted by Gasteiger charge is -2.08. The number of benzene rings is 3. The monoisotopic (exact) mass is 504 g/mol. The third-order valence-corrected chi connectivity index (χ3v) is 6.72. The van der Waals surface area contributed by atoms with Gasteiger partial charge in [0.15, 0.2) is 0 Å². The number of aromatic nitrogens is 1. The van der Waals surface area contributed by atoms with Gasteiger partial charge in [-0.2, -0.15) is 0 Å². The fraction of sp³-hybridized carbons (Fsp3) is 0.0370. The van der Waals surface area contributed by atoms with Crippen LogP contribution in [0.25, 0.3) is 38.2 Å². The van der Waals surface area contributed by atoms with Crippen LogP contribution in [0.1, 0.15) is 11.3 Å². The summed E-state index contributed by atoms with van der Waals surface area (Å²) in [4.78, 5) is 17.2. The molecule has 2 aromatic heterocycles. The highest BCUT2D eigenvalue weighted by molar-refractivity contribution is 7.21. The Morgan fingerprint density at radius 3 is 2.53 bits per heavy atom. The first-order valence-electron chi connectivity index (χ1n) is 10.5. The molecule has 1 N–H and O–H groups in total. The van der Waals surface area contributed by atoms with Gasteiger partial charge in [-0.1, -0.05) is 35.3 Å². The molecule has 34 heavy (non-hydrogen) atoms. The molecule has 0 saturated carbocycles. The van der Waals surface area contributed by atoms with Crippen molar-refractivity contribution in [3.63, 3.8) is 0 Å². The number of fused-ring (bicyclic) bond motifs is 1. The van der Waals surface area contributed by atoms with Gasteiger partial charge < -0.3 is 9.73 Å². The number of nitrogens with one attached hydrogen (secondary N) is 1. The van der Waals surface area contributed by atoms with Crippen LogP contribution in [-0.4, -0.2) is 10.9 Å². The Bertz CT molecular complexity index is 1500. The van der Waals surface area contributed by atoms with Crippen molar-refractivity contribution in [1.82, 2.24) is 4.98 Å². The molecule has 5 rings (SSSR count). The highest BCUT2D eigenvalue weighted by Gasteiger charge is 2.10. The molecule has 0 saturated heterocycles. The van der Waals surface area contributed by atoms with Crippen molar-refractivity contribution >= 4 is 62.4 Å². The normalized spacial score (nSPS) is 11.4. The van der Waals surface area contributed by atoms with Crippen LogP contribution in [0.3, 0.4) is 0 Å². The van der Waals surface area contributed by atoms with E-state index in [9.17, 15) is 4.79 Å². The van der Waals surface area contributed by atoms with Crippen molar-refractivity contribution in [3.05, 3.63) is 100 Å². The predicted molar refractivity (Wildman–Crippen MR) is 142 cm³/mol. The first kappa shape index (κ1) is 22.4. The second-order valence-electron chi connectivity index (χ2n) is 7.70. The average Bonchev–Trinajstić information content (AvgIpc) is 3.46. The number of hydrogen-bond donors (Lipinski definition) is 1. The zero-order valence-corrected chi connectivity index (χ0v) is 20.3. The summed E-state index contributed by atoms with van der Waals surface area (Å²) in [5, 5.41) is 4.93. The minimum absolute atomic E-state index is 0.250. The van der Waals surface area contributed by atoms with Crippen LogP contribution in [-0.2, 0) is 4.79 Å². The molecule has 0 fully saturated rings. The van der Waals surface area contributed by atoms with E-state index < -0.39 is 0 Å². The molecule has 7 heteroatoms. The summed E-state index contributed by atoms with van der Waals surface area (Å²) in [6.07, 6.45) is 3.06. The van der Waals surface area contributed by atoms with Crippen LogP contribution < -0.4 is 5.32 Å². The fourth-order valence-electron chi connectivity index (χ4n) is 3.56. The van der Waals surface area contributed by atoms with E-state index in [4.69, 9.17) is 32.6 Å². The van der Waals surface area contributed by atoms with E-state index in [1.807, 2.05) is 49.4 Å². The van der Waals surface area contributed by atoms with Gasteiger partial charge in [0.05, 0.1) is 10.2 Å². The molecule has 0 aliphatic carbocycles. The van der Waals surface area contributed by atoms with Gasteiger partial charge in [0.1, 0.15) is 16.5 Å². The Morgan fingerprint density at radius 1 is 0.971 bits per heavy atom. The van der Waals surface area contributed by atoms with Crippen LogP contribution in [0.5, 0.6) is 0 Å². The predicted octanol–water partition coefficient (Wildman–Crippen LogP) is 8.49. The summed E-state index contributed by atoms with van der Waals surface area (Å²) in [7, 11) is 0. The number of aryl methyl sites for hydroxylation is 1. The number of nitrogens with zero attached hydrogens (tertiary/aromatic N) is 1. The van der Waals surface area contributed by atoms with E-state index in [1.165, 1.54) is 6.08 Å². The van der Waals surface area contributed by atoms with Gasteiger partial charge in [-0.25, -0.2) is 4.98 Å². The molecule has 0 aliphatic rings. The molecule has 4 nitrogen and oxygen atoms in total. The lowest BCUT2D eigenvalue weighted by atomic mass is 10.1. The highest BCUT2D eigenvalue weighted by atomic mass is 35.5. The quantitative estimate of drug-likeness (QED) is 0.244. The number of thiazole rings is 1. The number of carbonyl (C=O) groups is 1. The van der Waals surface area contributed by atoms with Crippen LogP contribution in [0.2, 0.25) is 10.0 Å². The van der Waals surface area contributed by atoms with Gasteiger partial charge >= 0.3 is 0 Å². The molecule has 5 aromatic rings. The van der Waals surface area contributed by atoms with Gasteiger partial charge in [-0.3, -0.25) is 4.79 Å². The van der Waals surface area contributed by atoms with Gasteiger partial charge in [0.25, 0.3) is 0 Å². The SMILES string of the molecule is Cc1cc(-c2nc3ccccc3s2)ccc1NC(=O)/C=C/c1ccc(-c2cc(Cl)cc(Cl)c2)o1. The van der Waals surface area contributed by atoms with Gasteiger partial charge in [-0.15, -0.1) is 11.3 Å². The summed E-state index contributed by atoms with van der Waals surface area (Å²) < 4.78 is 6.95. The fourth-order valence-corrected chi connectivity index (χ4v) is 5.05. The van der Waals surface area contributed by atoms with E-state index in [1.54, 1.807) is 41.7 Å². The van der Waals surface area contributed by atoms with Crippen molar-refractivity contribution in [2.24, 2.45) is 0 Å². The largest absolute Gasteiger partial charge is 0.457 e. The van der Waals surface area contributed by atoms with Crippen molar-refractivity contribution in [3.8, 4) is 21.9 Å². The smallest absolute Gasteiger partial charge is 0.248 e. The number of furan rings is 1. The topological polar surface area (TPSA) is 55.1 Å². The maximum atomic E-state index is 12.5. The van der Waals surface area contributed by atoms with Crippen LogP contribution in [0.4, 0.5) is 5.69 Å². The number of hydrogen-bond acceptors (Lipinski definition) is 4. The molecule has 168 valence electrons. The van der Waals surface area contributed by atoms with Crippen LogP contribution in [0.15, 0.2) is 83.3 Å². The van der Waals surface area contributed by atoms with E-state index in [0.717, 1.165) is 37.6 Å². The molecule has 0 atom stereocenters. The summed E-state index contributed by atoms with van der Waals surface area (Å²) in [6.45, 7) is 1.96. The average molecular weight is 505 g/mol. The van der Waals surface area contributed by atoms with Crippen molar-refractivity contribution in [2.75, 3.05) is 5.32 Å². The summed E-state index contributed by atoms with van der Waals surface area (Å²) in [6, 6.07) is 22.8. The Hall–Kier alpha value is -3.38. The number of amides is 1. The molecule has 0 aliphatic heterocycles. The zero-order chi connectivity index (χ0) is 23.7. The van der Waals surface area contributed by atoms with Crippen molar-refractivity contribution in [1.29, 1.82) is 0 Å². The molecule has 3 aromatic carbocycles. The number of rotatable bonds is 5. The van der Waals surface area contributed by atoms with Gasteiger partial charge in [0, 0.05) is 32.9 Å². The Kier molecular flexibility index (Phi) is 6.24. The Labute approximate surface area is 210 Å². The molecule has 1 amide bonds. The molecule has 0 radical (unpaired) electrons. The van der Waals surface area contributed by atoms with E-state index in [-0.39, 0.29) is 5.91 Å². The molecule has 2 heterocycles. The number of para-hydroxylation sites is 1. The lowest BCUT2D eigenvalue weighted by Crippen LogP contribution is -2.08. The standard InChI is InChI=1S/C27H18Cl2N2O2S/c1-16-12-17(27-31-23-4-2-3-5-25(23)34-27)6-9-22(16)30-26(32)11-8-21-7-10-24(33-21)18-13-19(28)15-20(29)14-18/h2-15H,1H3,(H,30,32)/b11-8+. The third-order valence-electron chi connectivity index (χ3n) is 5.20. The Balaban J connectivity index is 1.28. The molecular weight excluding hydrogens is 487 g/mol. The third kappa shape index (κ3) is 4.92. The van der Waals surface area contributed by atoms with E-state index in [2.05, 4.69) is 11.4 Å². The Morgan fingerprint density at radius 2 is 1.76 bits per heavy atom. The van der Waals surface area contributed by atoms with Crippen LogP contribution >= 0.6 is 34.5 Å². The lowest BCUT2D eigenvalue weighted by molar-refractivity contribution is -0.111. The van der Waals surface area contributed by atoms with Crippen LogP contribution in [0, 0.1) is 6.92 Å². The minimum atomic E-state index is -0.250. The summed E-state index contributed by atoms with van der Waals surface area (Å²) in [5.74, 6) is 0.912. The minimum Gasteiger partial charge on any atom is -0.457 e. The van der Waals surface area contributed by atoms with E-state index in [0.29, 0.717) is 21.6 Å². The zero-order valence-electron chi connectivity index (χ0n) is 18.0. The number of halogens is 2. The van der Waals surface area contributed by atoms with Gasteiger partial charge in [-0.05, 0) is 79.2 Å².